The zero-order chi connectivity index (χ0) is 100. The van der Waals surface area contributed by atoms with Gasteiger partial charge in [0.1, 0.15) is 16.3 Å². The molecule has 8 radical (unpaired) electrons. The van der Waals surface area contributed by atoms with Gasteiger partial charge >= 0.3 is 19.8 Å². The van der Waals surface area contributed by atoms with Crippen molar-refractivity contribution in [2.75, 3.05) is 19.9 Å². The number of pyridine rings is 3. The topological polar surface area (TPSA) is 142 Å². The molecule has 732 valence electrons. The molecule has 23 aromatic rings. The van der Waals surface area contributed by atoms with Crippen molar-refractivity contribution in [1.82, 2.24) is 45.1 Å². The molecule has 25 rings (SSSR count). The molecule has 4 atom stereocenters. The summed E-state index contributed by atoms with van der Waals surface area (Å²) in [6, 6.07) is 168. The van der Waals surface area contributed by atoms with E-state index in [1.807, 2.05) is 49.7 Å². The summed E-state index contributed by atoms with van der Waals surface area (Å²) in [4.78, 5) is 15.0. The maximum atomic E-state index is 7.57. The number of aromatic amines is 1. The van der Waals surface area contributed by atoms with E-state index in [0.717, 1.165) is 87.8 Å². The van der Waals surface area contributed by atoms with E-state index in [2.05, 4.69) is 505 Å². The first-order valence-electron chi connectivity index (χ1n) is 49.3. The van der Waals surface area contributed by atoms with Gasteiger partial charge in [0, 0.05) is 117 Å². The number of hydrogen-bond donors (Lipinski definition) is 2. The Kier molecular flexibility index (Phi) is 40.3. The SMILES string of the molecule is CCO.Cc1cc(-c2cccc(-c3cccc4c3[PH+](C)c3ccccc3-4)n2)[n-]n1.Cc1cc(-c2cccc(-c3cccc4c5ccccc5p(C)c34)n2)n(C2CCCCO2)n1.Cc1cc(-c2cccc(-c3cccc4c5ccccc5p(C)c34)n2)n[nH]1.[B].[B][B].[Os+].[Os].c1ccc(P(c2ccccc2)c2ccccc2)cc1.c1ccc(P(c2ccccc2)c2ccccc2)cc1.c1ccc(P(c2ccccc2)c2ccccc2)cc1. The average molecular weight is 2400 g/mol. The number of aliphatic hydroxyl groups excluding tert-OH is 1. The van der Waals surface area contributed by atoms with Crippen molar-refractivity contribution in [3.05, 3.63) is 490 Å². The van der Waals surface area contributed by atoms with Gasteiger partial charge in [-0.25, -0.2) is 19.6 Å². The summed E-state index contributed by atoms with van der Waals surface area (Å²) in [6.07, 6.45) is 3.30. The Morgan fingerprint density at radius 2 is 0.705 bits per heavy atom. The third kappa shape index (κ3) is 26.2. The van der Waals surface area contributed by atoms with E-state index < -0.39 is 39.2 Å². The maximum absolute atomic E-state index is 7.57. The van der Waals surface area contributed by atoms with Crippen LogP contribution in [0.4, 0.5) is 0 Å². The third-order valence-corrected chi connectivity index (χ3v) is 40.0. The van der Waals surface area contributed by atoms with Crippen LogP contribution in [-0.4, -0.2) is 88.9 Å². The van der Waals surface area contributed by atoms with Crippen LogP contribution in [0, 0.1) is 20.8 Å². The number of nitrogens with one attached hydrogen (secondary N) is 1. The van der Waals surface area contributed by atoms with Crippen LogP contribution in [0.2, 0.25) is 0 Å². The molecule has 2 N–H and O–H groups in total. The number of rotatable bonds is 16. The zero-order valence-electron chi connectivity index (χ0n) is 84.3. The summed E-state index contributed by atoms with van der Waals surface area (Å²) in [5.74, 6) is 0. The summed E-state index contributed by atoms with van der Waals surface area (Å²) in [5, 5.41) is 54.8. The normalized spacial score (nSPS) is 12.6. The van der Waals surface area contributed by atoms with Gasteiger partial charge < -0.3 is 20.0 Å². The Morgan fingerprint density at radius 3 is 1.10 bits per heavy atom. The van der Waals surface area contributed by atoms with E-state index >= 15 is 0 Å². The standard InChI is InChI=1S/C27H26N3OP.C22H18N3P.C22H17N3P.3C18H15P.C2H6O.B2.B.2Os/c1-18-17-24(30(29-18)26-15-5-6-16-31-26)23-13-8-12-22(28-23)21-11-7-10-20-19-9-3-4-14-25(19)32(2)27(20)21;2*1-14-13-20(25-24-14)19-11-6-10-18(23-19)17-9-5-8-16-15-7-3-4-12-21(15)26(2)22(16)17;3*1-4-10-16(11-5-1)19(17-12-6-2-7-13-17)18-14-8-3-9-15-18;1-2-3;1-2;;;/h3-4,7-14,17,26H,5-6,15-16H2,1-2H3;3-13H,1-2H3,(H,24,25);3-13H,1-2H3;3*1-15H;3H,2H2,1H3;;;;/q;;-1;;;;;;;;+1/p+1. The van der Waals surface area contributed by atoms with Gasteiger partial charge in [-0.1, -0.05) is 418 Å². The van der Waals surface area contributed by atoms with Crippen molar-refractivity contribution in [1.29, 1.82) is 0 Å². The summed E-state index contributed by atoms with van der Waals surface area (Å²) in [6.45, 7) is 15.8. The predicted molar refractivity (Wildman–Crippen MR) is 639 cm³/mol. The Morgan fingerprint density at radius 1 is 0.376 bits per heavy atom. The molecule has 2 aliphatic heterocycles. The molecule has 22 heteroatoms. The molecule has 10 heterocycles. The van der Waals surface area contributed by atoms with E-state index in [1.54, 1.807) is 6.92 Å². The van der Waals surface area contributed by atoms with Crippen molar-refractivity contribution >= 4 is 171 Å². The minimum Gasteiger partial charge on any atom is -0.574 e. The van der Waals surface area contributed by atoms with Gasteiger partial charge in [0.15, 0.2) is 6.23 Å². The Bertz CT molecular complexity index is 7620. The fraction of sp³-hybridized carbons (Fsp3) is 0.102. The molecule has 2 aliphatic rings. The number of H-pyrrole nitrogens is 1. The van der Waals surface area contributed by atoms with Crippen LogP contribution in [-0.2, 0) is 57.6 Å². The van der Waals surface area contributed by atoms with E-state index in [4.69, 9.17) is 29.9 Å². The summed E-state index contributed by atoms with van der Waals surface area (Å²) < 4.78 is 8.08. The molecular weight excluding hydrogens is 2280 g/mol. The van der Waals surface area contributed by atoms with Gasteiger partial charge in [-0.05, 0) is 214 Å². The second-order valence-electron chi connectivity index (χ2n) is 35.3. The minimum absolute atomic E-state index is 0. The van der Waals surface area contributed by atoms with Gasteiger partial charge in [0.25, 0.3) is 0 Å². The average Bonchev–Trinajstić information content (AvgIpc) is 1.60. The maximum Gasteiger partial charge on any atom is 1.00 e. The molecular formula is C127H113B3N9O2Os2P6+. The van der Waals surface area contributed by atoms with Crippen LogP contribution in [0.5, 0.6) is 0 Å². The molecule has 0 spiro atoms. The first kappa shape index (κ1) is 110. The third-order valence-electron chi connectivity index (χ3n) is 25.6. The second kappa shape index (κ2) is 54.5. The van der Waals surface area contributed by atoms with E-state index in [9.17, 15) is 0 Å². The Labute approximate surface area is 913 Å². The number of aliphatic hydroxyl groups is 1. The molecule has 0 saturated carbocycles. The molecule has 0 amide bonds. The van der Waals surface area contributed by atoms with Crippen molar-refractivity contribution in [2.24, 2.45) is 13.3 Å². The fourth-order valence-corrected chi connectivity index (χ4v) is 32.9. The van der Waals surface area contributed by atoms with Crippen LogP contribution >= 0.6 is 46.8 Å². The van der Waals surface area contributed by atoms with Gasteiger partial charge in [0.2, 0.25) is 0 Å². The van der Waals surface area contributed by atoms with Crippen molar-refractivity contribution < 1.29 is 49.4 Å². The second-order valence-corrected chi connectivity index (χ2v) is 48.3. The van der Waals surface area contributed by atoms with Crippen molar-refractivity contribution in [3.63, 3.8) is 0 Å². The molecule has 1 fully saturated rings. The number of nitrogens with zero attached hydrogens (tertiary/aromatic N) is 8. The Hall–Kier alpha value is -12.9. The van der Waals surface area contributed by atoms with Crippen LogP contribution in [0.1, 0.15) is 49.5 Å². The molecule has 4 unspecified atom stereocenters. The quantitative estimate of drug-likeness (QED) is 0.0714. The molecule has 15 aromatic carbocycles. The van der Waals surface area contributed by atoms with E-state index in [0.29, 0.717) is 0 Å². The van der Waals surface area contributed by atoms with Crippen LogP contribution in [0.15, 0.2) is 473 Å². The first-order chi connectivity index (χ1) is 71.9. The van der Waals surface area contributed by atoms with E-state index in [1.165, 1.54) is 135 Å². The molecule has 0 bridgehead atoms. The monoisotopic (exact) mass is 2400 g/mol. The molecule has 1 saturated heterocycles. The van der Waals surface area contributed by atoms with Crippen LogP contribution in [0.3, 0.4) is 0 Å². The largest absolute Gasteiger partial charge is 1.00 e. The number of aromatic nitrogens is 9. The number of ether oxygens (including phenoxy) is 1. The minimum atomic E-state index is -0.788. The first-order valence-corrected chi connectivity index (χ1v) is 58.9. The smallest absolute Gasteiger partial charge is 0.574 e. The number of fused-ring (bicyclic) bond motifs is 9. The molecule has 149 heavy (non-hydrogen) atoms. The number of aryl methyl sites for hydroxylation is 5. The molecule has 0 aliphatic carbocycles. The summed E-state index contributed by atoms with van der Waals surface area (Å²) in [7, 11) is 5.12. The van der Waals surface area contributed by atoms with Crippen molar-refractivity contribution in [3.8, 4) is 79.1 Å². The zero-order valence-corrected chi connectivity index (χ0v) is 94.8. The summed E-state index contributed by atoms with van der Waals surface area (Å²) in [5.41, 5.74) is 18.0. The number of benzene rings is 15. The van der Waals surface area contributed by atoms with Crippen LogP contribution in [0.25, 0.3) is 121 Å². The van der Waals surface area contributed by atoms with Gasteiger partial charge in [-0.3, -0.25) is 5.10 Å². The molecule has 8 aromatic heterocycles. The van der Waals surface area contributed by atoms with E-state index in [-0.39, 0.29) is 68.4 Å². The van der Waals surface area contributed by atoms with Gasteiger partial charge in [-0.2, -0.15) is 10.2 Å². The van der Waals surface area contributed by atoms with Gasteiger partial charge in [0.05, 0.1) is 60.1 Å². The summed E-state index contributed by atoms with van der Waals surface area (Å²) >= 11 is 0. The van der Waals surface area contributed by atoms with Crippen LogP contribution < -0.4 is 63.4 Å². The molecule has 11 nitrogen and oxygen atoms in total. The van der Waals surface area contributed by atoms with Crippen molar-refractivity contribution in [2.45, 2.75) is 53.2 Å². The fourth-order valence-electron chi connectivity index (χ4n) is 19.1. The van der Waals surface area contributed by atoms with Gasteiger partial charge in [-0.15, -0.1) is 15.1 Å². The number of hydrogen-bond acceptors (Lipinski definition) is 8. The predicted octanol–water partition coefficient (Wildman–Crippen LogP) is 26.8. The Balaban J connectivity index is 0.000000133.